The number of rotatable bonds is 3. The highest BCUT2D eigenvalue weighted by molar-refractivity contribution is 5.69. The molecule has 3 nitrogen and oxygen atoms in total. The number of fused-ring (bicyclic) bond motifs is 3. The van der Waals surface area contributed by atoms with Crippen molar-refractivity contribution < 1.29 is 13.9 Å². The van der Waals surface area contributed by atoms with Crippen LogP contribution in [0.3, 0.4) is 0 Å². The van der Waals surface area contributed by atoms with Crippen molar-refractivity contribution in [2.45, 2.75) is 18.6 Å². The van der Waals surface area contributed by atoms with Gasteiger partial charge in [-0.3, -0.25) is 8.78 Å². The molecule has 1 aromatic heterocycles. The van der Waals surface area contributed by atoms with Gasteiger partial charge in [-0.25, -0.2) is 4.98 Å². The average Bonchev–Trinajstić information content (AvgIpc) is 3.08. The van der Waals surface area contributed by atoms with Gasteiger partial charge in [0.25, 0.3) is 0 Å². The van der Waals surface area contributed by atoms with E-state index in [1.807, 2.05) is 28.8 Å². The Kier molecular flexibility index (Phi) is 2.70. The Labute approximate surface area is 121 Å². The smallest absolute Gasteiger partial charge is 0.0981 e. The summed E-state index contributed by atoms with van der Waals surface area (Å²) in [5, 5.41) is 10.2. The Morgan fingerprint density at radius 1 is 1.29 bits per heavy atom. The number of hydrogen-bond acceptors (Lipinski definition) is 2. The molecular weight excluding hydrogens is 274 g/mol. The largest absolute Gasteiger partial charge is 0.393 e. The van der Waals surface area contributed by atoms with Crippen LogP contribution < -0.4 is 0 Å². The summed E-state index contributed by atoms with van der Waals surface area (Å²) >= 11 is 0. The van der Waals surface area contributed by atoms with Crippen molar-refractivity contribution in [3.8, 4) is 11.3 Å². The maximum atomic E-state index is 13.5. The second kappa shape index (κ2) is 4.37. The minimum atomic E-state index is -1.07. The van der Waals surface area contributed by atoms with Crippen molar-refractivity contribution in [1.29, 1.82) is 0 Å². The number of benzene rings is 1. The average molecular weight is 290 g/mol. The molecule has 0 unspecified atom stereocenters. The molecule has 1 aromatic carbocycles. The summed E-state index contributed by atoms with van der Waals surface area (Å²) in [7, 11) is 0. The maximum absolute atomic E-state index is 13.5. The molecule has 21 heavy (non-hydrogen) atoms. The molecule has 1 aliphatic heterocycles. The molecule has 110 valence electrons. The zero-order valence-corrected chi connectivity index (χ0v) is 11.4. The molecule has 1 saturated carbocycles. The van der Waals surface area contributed by atoms with Crippen LogP contribution in [0.2, 0.25) is 0 Å². The number of hydrogen-bond donors (Lipinski definition) is 1. The normalized spacial score (nSPS) is 28.8. The van der Waals surface area contributed by atoms with Gasteiger partial charge in [-0.15, -0.1) is 0 Å². The number of aliphatic hydroxyl groups excluding tert-OH is 1. The number of imidazole rings is 1. The Balaban J connectivity index is 1.86. The lowest BCUT2D eigenvalue weighted by Gasteiger charge is -2.53. The van der Waals surface area contributed by atoms with Crippen LogP contribution in [0.15, 0.2) is 36.8 Å². The summed E-state index contributed by atoms with van der Waals surface area (Å²) in [6, 6.07) is 7.57. The summed E-state index contributed by atoms with van der Waals surface area (Å²) in [5.74, 6) is -0.455. The van der Waals surface area contributed by atoms with Gasteiger partial charge in [0, 0.05) is 16.9 Å². The molecule has 0 spiro atoms. The number of halogens is 2. The molecule has 2 heterocycles. The van der Waals surface area contributed by atoms with Crippen LogP contribution in [0, 0.1) is 11.3 Å². The first kappa shape index (κ1) is 13.0. The van der Waals surface area contributed by atoms with Gasteiger partial charge < -0.3 is 9.67 Å². The number of nitrogens with zero attached hydrogens (tertiary/aromatic N) is 2. The Bertz CT molecular complexity index is 680. The van der Waals surface area contributed by atoms with Gasteiger partial charge in [0.05, 0.1) is 43.7 Å². The zero-order chi connectivity index (χ0) is 14.6. The summed E-state index contributed by atoms with van der Waals surface area (Å²) in [4.78, 5) is 4.15. The number of aromatic nitrogens is 2. The van der Waals surface area contributed by atoms with Gasteiger partial charge >= 0.3 is 0 Å². The summed E-state index contributed by atoms with van der Waals surface area (Å²) in [6.45, 7) is -1.48. The Morgan fingerprint density at radius 2 is 2.05 bits per heavy atom. The maximum Gasteiger partial charge on any atom is 0.0981 e. The minimum absolute atomic E-state index is 0.188. The molecule has 1 aliphatic carbocycles. The van der Waals surface area contributed by atoms with Crippen molar-refractivity contribution in [2.24, 2.45) is 11.3 Å². The van der Waals surface area contributed by atoms with E-state index in [1.165, 1.54) is 0 Å². The van der Waals surface area contributed by atoms with E-state index in [1.54, 1.807) is 12.5 Å². The molecule has 2 aliphatic rings. The fourth-order valence-electron chi connectivity index (χ4n) is 4.03. The van der Waals surface area contributed by atoms with Crippen molar-refractivity contribution in [3.63, 3.8) is 0 Å². The van der Waals surface area contributed by atoms with Gasteiger partial charge in [-0.1, -0.05) is 24.3 Å². The molecule has 1 fully saturated rings. The van der Waals surface area contributed by atoms with Gasteiger partial charge in [0.15, 0.2) is 0 Å². The van der Waals surface area contributed by atoms with E-state index < -0.39 is 30.8 Å². The molecule has 0 radical (unpaired) electrons. The van der Waals surface area contributed by atoms with Gasteiger partial charge in [-0.05, 0) is 12.0 Å². The molecule has 0 amide bonds. The van der Waals surface area contributed by atoms with Crippen LogP contribution >= 0.6 is 0 Å². The molecule has 4 rings (SSSR count). The van der Waals surface area contributed by atoms with E-state index in [0.717, 1.165) is 16.8 Å². The topological polar surface area (TPSA) is 38.1 Å². The molecule has 3 atom stereocenters. The van der Waals surface area contributed by atoms with Gasteiger partial charge in [0.1, 0.15) is 0 Å². The lowest BCUT2D eigenvalue weighted by atomic mass is 9.56. The predicted molar refractivity (Wildman–Crippen MR) is 74.3 cm³/mol. The SMILES string of the molecule is O[C@H]1CC(CF)(CF)[C@@H]1[C@@H]1c2ccccc2-c2cncn21. The first-order chi connectivity index (χ1) is 10.2. The van der Waals surface area contributed by atoms with E-state index in [4.69, 9.17) is 0 Å². The third-order valence-electron chi connectivity index (χ3n) is 5.13. The fourth-order valence-corrected chi connectivity index (χ4v) is 4.03. The molecule has 0 saturated heterocycles. The number of alkyl halides is 2. The number of aliphatic hydroxyl groups is 1. The zero-order valence-electron chi connectivity index (χ0n) is 11.4. The summed E-state index contributed by atoms with van der Waals surface area (Å²) in [5.41, 5.74) is 1.93. The van der Waals surface area contributed by atoms with Crippen LogP contribution in [0.25, 0.3) is 11.3 Å². The molecule has 5 heteroatoms. The summed E-state index contributed by atoms with van der Waals surface area (Å²) < 4.78 is 28.9. The van der Waals surface area contributed by atoms with Gasteiger partial charge in [0.2, 0.25) is 0 Å². The predicted octanol–water partition coefficient (Wildman–Crippen LogP) is 2.76. The highest BCUT2D eigenvalue weighted by Gasteiger charge is 2.59. The molecule has 1 N–H and O–H groups in total. The van der Waals surface area contributed by atoms with Crippen molar-refractivity contribution in [1.82, 2.24) is 9.55 Å². The van der Waals surface area contributed by atoms with Crippen LogP contribution in [0.4, 0.5) is 8.78 Å². The lowest BCUT2D eigenvalue weighted by Crippen LogP contribution is -2.57. The highest BCUT2D eigenvalue weighted by atomic mass is 19.1. The van der Waals surface area contributed by atoms with Gasteiger partial charge in [-0.2, -0.15) is 0 Å². The van der Waals surface area contributed by atoms with E-state index in [0.29, 0.717) is 0 Å². The van der Waals surface area contributed by atoms with Crippen molar-refractivity contribution in [2.75, 3.05) is 13.3 Å². The minimum Gasteiger partial charge on any atom is -0.393 e. The Morgan fingerprint density at radius 3 is 2.76 bits per heavy atom. The third kappa shape index (κ3) is 1.52. The Hall–Kier alpha value is -1.75. The standard InChI is InChI=1S/C16H16F2N2O/c17-7-16(8-18)5-13(21)14(16)15-11-4-2-1-3-10(11)12-6-19-9-20(12)15/h1-4,6,9,13-15,21H,5,7-8H2/t13-,14-,15-/m0/s1. The first-order valence-corrected chi connectivity index (χ1v) is 7.13. The van der Waals surface area contributed by atoms with Crippen molar-refractivity contribution >= 4 is 0 Å². The molecule has 2 aromatic rings. The fraction of sp³-hybridized carbons (Fsp3) is 0.438. The quantitative estimate of drug-likeness (QED) is 0.944. The van der Waals surface area contributed by atoms with E-state index in [-0.39, 0.29) is 12.5 Å². The van der Waals surface area contributed by atoms with Crippen molar-refractivity contribution in [3.05, 3.63) is 42.4 Å². The molecular formula is C16H16F2N2O. The monoisotopic (exact) mass is 290 g/mol. The second-order valence-electron chi connectivity index (χ2n) is 6.15. The molecule has 0 bridgehead atoms. The summed E-state index contributed by atoms with van der Waals surface area (Å²) in [6.07, 6.45) is 2.96. The highest BCUT2D eigenvalue weighted by Crippen LogP contribution is 2.57. The third-order valence-corrected chi connectivity index (χ3v) is 5.13. The second-order valence-corrected chi connectivity index (χ2v) is 6.15. The van der Waals surface area contributed by atoms with E-state index in [2.05, 4.69) is 4.98 Å². The van der Waals surface area contributed by atoms with Crippen LogP contribution in [0.1, 0.15) is 18.0 Å². The van der Waals surface area contributed by atoms with Crippen LogP contribution in [-0.2, 0) is 0 Å². The lowest BCUT2D eigenvalue weighted by molar-refractivity contribution is -0.143. The van der Waals surface area contributed by atoms with E-state index >= 15 is 0 Å². The van der Waals surface area contributed by atoms with Crippen LogP contribution in [0.5, 0.6) is 0 Å². The van der Waals surface area contributed by atoms with E-state index in [9.17, 15) is 13.9 Å². The first-order valence-electron chi connectivity index (χ1n) is 7.13. The van der Waals surface area contributed by atoms with Crippen LogP contribution in [-0.4, -0.2) is 34.1 Å².